The Morgan fingerprint density at radius 2 is 1.52 bits per heavy atom. The van der Waals surface area contributed by atoms with Gasteiger partial charge in [-0.2, -0.15) is 0 Å². The molecular formula is C24H48O3Si2. The lowest BCUT2D eigenvalue weighted by molar-refractivity contribution is -0.132. The van der Waals surface area contributed by atoms with E-state index >= 15 is 0 Å². The largest absolute Gasteiger partial charge is 0.413 e. The quantitative estimate of drug-likeness (QED) is 0.306. The van der Waals surface area contributed by atoms with E-state index in [-0.39, 0.29) is 34.5 Å². The van der Waals surface area contributed by atoms with Crippen LogP contribution in [0.1, 0.15) is 61.8 Å². The maximum Gasteiger partial charge on any atom is 0.193 e. The Morgan fingerprint density at radius 3 is 1.93 bits per heavy atom. The molecule has 0 amide bonds. The molecule has 0 spiro atoms. The Kier molecular flexibility index (Phi) is 8.80. The molecule has 3 nitrogen and oxygen atoms in total. The lowest BCUT2D eigenvalue weighted by Gasteiger charge is -2.48. The van der Waals surface area contributed by atoms with Gasteiger partial charge in [0.05, 0.1) is 24.4 Å². The second-order valence-electron chi connectivity index (χ2n) is 11.8. The topological polar surface area (TPSA) is 27.7 Å². The summed E-state index contributed by atoms with van der Waals surface area (Å²) < 4.78 is 20.2. The summed E-state index contributed by atoms with van der Waals surface area (Å²) in [7, 11) is -3.81. The smallest absolute Gasteiger partial charge is 0.193 e. The minimum absolute atomic E-state index is 0.0335. The van der Waals surface area contributed by atoms with Gasteiger partial charge in [0.2, 0.25) is 0 Å². The molecule has 29 heavy (non-hydrogen) atoms. The molecule has 5 heteroatoms. The van der Waals surface area contributed by atoms with Crippen molar-refractivity contribution in [2.24, 2.45) is 5.92 Å². The fraction of sp³-hybridized carbons (Fsp3) is 0.833. The highest BCUT2D eigenvalue weighted by Gasteiger charge is 2.46. The lowest BCUT2D eigenvalue weighted by Crippen LogP contribution is -2.55. The Hall–Kier alpha value is -0.206. The van der Waals surface area contributed by atoms with Gasteiger partial charge in [-0.05, 0) is 43.2 Å². The van der Waals surface area contributed by atoms with E-state index in [1.165, 1.54) is 0 Å². The van der Waals surface area contributed by atoms with Crippen LogP contribution in [0.2, 0.25) is 36.3 Å². The molecular weight excluding hydrogens is 392 g/mol. The van der Waals surface area contributed by atoms with Crippen molar-refractivity contribution in [1.29, 1.82) is 0 Å². The zero-order valence-electron chi connectivity index (χ0n) is 21.3. The highest BCUT2D eigenvalue weighted by atomic mass is 28.4. The minimum atomic E-state index is -1.93. The third-order valence-electron chi connectivity index (χ3n) is 7.37. The summed E-state index contributed by atoms with van der Waals surface area (Å²) in [5, 5.41) is 0.335. The summed E-state index contributed by atoms with van der Waals surface area (Å²) in [6, 6.07) is 0. The molecule has 0 radical (unpaired) electrons. The normalized spacial score (nSPS) is 28.6. The van der Waals surface area contributed by atoms with Crippen LogP contribution in [0.25, 0.3) is 0 Å². The Bertz CT molecular complexity index is 570. The molecule has 1 rings (SSSR count). The first-order valence-corrected chi connectivity index (χ1v) is 17.0. The van der Waals surface area contributed by atoms with Gasteiger partial charge in [-0.3, -0.25) is 0 Å². The Labute approximate surface area is 183 Å². The van der Waals surface area contributed by atoms with Crippen molar-refractivity contribution in [3.63, 3.8) is 0 Å². The SMILES string of the molecule is C=C[C@H](O[Si](C)(C)C(C)(C)C)[C@H]1C[C@@H](O[Si](C)(C)C(C)(C)C)[C@@H](C)[C@@H](/C=C/C)O1. The van der Waals surface area contributed by atoms with E-state index in [4.69, 9.17) is 13.6 Å². The maximum absolute atomic E-state index is 6.90. The molecule has 1 heterocycles. The van der Waals surface area contributed by atoms with Gasteiger partial charge in [0.15, 0.2) is 16.6 Å². The van der Waals surface area contributed by atoms with Crippen LogP contribution < -0.4 is 0 Å². The van der Waals surface area contributed by atoms with Crippen molar-refractivity contribution >= 4 is 16.6 Å². The van der Waals surface area contributed by atoms with Crippen molar-refractivity contribution in [2.45, 2.75) is 122 Å². The van der Waals surface area contributed by atoms with Gasteiger partial charge in [-0.1, -0.05) is 66.7 Å². The Morgan fingerprint density at radius 1 is 1.00 bits per heavy atom. The van der Waals surface area contributed by atoms with Crippen molar-refractivity contribution in [3.8, 4) is 0 Å². The maximum atomic E-state index is 6.90. The van der Waals surface area contributed by atoms with E-state index in [9.17, 15) is 0 Å². The highest BCUT2D eigenvalue weighted by molar-refractivity contribution is 6.74. The summed E-state index contributed by atoms with van der Waals surface area (Å²) >= 11 is 0. The molecule has 0 bridgehead atoms. The second-order valence-corrected chi connectivity index (χ2v) is 21.3. The van der Waals surface area contributed by atoms with Gasteiger partial charge in [0.1, 0.15) is 0 Å². The number of allylic oxidation sites excluding steroid dienone is 1. The molecule has 0 N–H and O–H groups in total. The van der Waals surface area contributed by atoms with Gasteiger partial charge in [0.25, 0.3) is 0 Å². The number of hydrogen-bond acceptors (Lipinski definition) is 3. The van der Waals surface area contributed by atoms with Crippen LogP contribution in [-0.4, -0.2) is 41.1 Å². The van der Waals surface area contributed by atoms with Gasteiger partial charge in [-0.25, -0.2) is 0 Å². The van der Waals surface area contributed by atoms with E-state index in [1.54, 1.807) is 0 Å². The Balaban J connectivity index is 3.15. The molecule has 0 aliphatic carbocycles. The molecule has 1 aliphatic heterocycles. The molecule has 1 fully saturated rings. The molecule has 0 aromatic rings. The first kappa shape index (κ1) is 26.8. The third-order valence-corrected chi connectivity index (χ3v) is 16.3. The van der Waals surface area contributed by atoms with Gasteiger partial charge < -0.3 is 13.6 Å². The van der Waals surface area contributed by atoms with Gasteiger partial charge in [-0.15, -0.1) is 6.58 Å². The standard InChI is InChI=1S/C24H48O3Si2/c1-14-16-20-18(3)21(27-29(12,13)24(7,8)9)17-22(25-20)19(15-2)26-28(10,11)23(4,5)6/h14-16,18-22H,2,17H2,1,3-13H3/b16-14+/t18-,19-,20+,21+,22+/m0/s1. The molecule has 5 atom stereocenters. The molecule has 1 saturated heterocycles. The van der Waals surface area contributed by atoms with E-state index in [0.717, 1.165) is 6.42 Å². The number of rotatable bonds is 7. The molecule has 1 aliphatic rings. The molecule has 0 aromatic heterocycles. The van der Waals surface area contributed by atoms with Crippen LogP contribution in [0.3, 0.4) is 0 Å². The van der Waals surface area contributed by atoms with Crippen molar-refractivity contribution in [2.75, 3.05) is 0 Å². The summed E-state index contributed by atoms with van der Waals surface area (Å²) in [6.45, 7) is 31.4. The predicted molar refractivity (Wildman–Crippen MR) is 132 cm³/mol. The van der Waals surface area contributed by atoms with E-state index in [1.807, 2.05) is 6.08 Å². The zero-order chi connectivity index (χ0) is 22.8. The van der Waals surface area contributed by atoms with Gasteiger partial charge in [0, 0.05) is 12.3 Å². The van der Waals surface area contributed by atoms with Crippen LogP contribution >= 0.6 is 0 Å². The van der Waals surface area contributed by atoms with Crippen molar-refractivity contribution in [3.05, 3.63) is 24.8 Å². The van der Waals surface area contributed by atoms with Crippen LogP contribution in [-0.2, 0) is 13.6 Å². The number of ether oxygens (including phenoxy) is 1. The average molecular weight is 441 g/mol. The van der Waals surface area contributed by atoms with E-state index in [0.29, 0.717) is 5.92 Å². The van der Waals surface area contributed by atoms with Crippen LogP contribution in [0, 0.1) is 5.92 Å². The summed E-state index contributed by atoms with van der Waals surface area (Å²) in [6.07, 6.45) is 7.12. The highest BCUT2D eigenvalue weighted by Crippen LogP contribution is 2.42. The predicted octanol–water partition coefficient (Wildman–Crippen LogP) is 7.32. The van der Waals surface area contributed by atoms with E-state index < -0.39 is 16.6 Å². The summed E-state index contributed by atoms with van der Waals surface area (Å²) in [5.74, 6) is 0.315. The zero-order valence-corrected chi connectivity index (χ0v) is 23.3. The number of hydrogen-bond donors (Lipinski definition) is 0. The lowest BCUT2D eigenvalue weighted by atomic mass is 9.88. The monoisotopic (exact) mass is 440 g/mol. The minimum Gasteiger partial charge on any atom is -0.413 e. The second kappa shape index (κ2) is 9.51. The summed E-state index contributed by atoms with van der Waals surface area (Å²) in [5.41, 5.74) is 0. The average Bonchev–Trinajstić information content (AvgIpc) is 2.54. The first-order chi connectivity index (χ1) is 13.0. The van der Waals surface area contributed by atoms with Gasteiger partial charge >= 0.3 is 0 Å². The molecule has 170 valence electrons. The van der Waals surface area contributed by atoms with Crippen LogP contribution in [0.15, 0.2) is 24.8 Å². The van der Waals surface area contributed by atoms with Crippen molar-refractivity contribution in [1.82, 2.24) is 0 Å². The van der Waals surface area contributed by atoms with Crippen molar-refractivity contribution < 1.29 is 13.6 Å². The molecule has 0 unspecified atom stereocenters. The van der Waals surface area contributed by atoms with Crippen LogP contribution in [0.5, 0.6) is 0 Å². The fourth-order valence-corrected chi connectivity index (χ4v) is 5.87. The van der Waals surface area contributed by atoms with Crippen LogP contribution in [0.4, 0.5) is 0 Å². The third kappa shape index (κ3) is 6.63. The molecule has 0 saturated carbocycles. The first-order valence-electron chi connectivity index (χ1n) is 11.2. The summed E-state index contributed by atoms with van der Waals surface area (Å²) in [4.78, 5) is 0. The van der Waals surface area contributed by atoms with E-state index in [2.05, 4.69) is 100 Å². The fourth-order valence-electron chi connectivity index (χ4n) is 3.16. The molecule has 0 aromatic carbocycles.